The number of nitrogens with zero attached hydrogens (tertiary/aromatic N) is 6. The van der Waals surface area contributed by atoms with Crippen LogP contribution in [0.2, 0.25) is 0 Å². The fourth-order valence-electron chi connectivity index (χ4n) is 7.27. The van der Waals surface area contributed by atoms with E-state index in [9.17, 15) is 0 Å². The quantitative estimate of drug-likeness (QED) is 0.110. The minimum absolute atomic E-state index is 0. The summed E-state index contributed by atoms with van der Waals surface area (Å²) in [5.74, 6) is 3.95. The number of anilines is 3. The van der Waals surface area contributed by atoms with Gasteiger partial charge in [-0.3, -0.25) is 0 Å². The van der Waals surface area contributed by atoms with E-state index in [1.165, 1.54) is 0 Å². The number of fused-ring (bicyclic) bond motifs is 5. The number of para-hydroxylation sites is 4. The van der Waals surface area contributed by atoms with Crippen molar-refractivity contribution in [1.29, 1.82) is 0 Å². The van der Waals surface area contributed by atoms with Gasteiger partial charge in [-0.1, -0.05) is 71.7 Å². The number of aromatic nitrogens is 5. The van der Waals surface area contributed by atoms with Crippen LogP contribution in [0.1, 0.15) is 0 Å². The summed E-state index contributed by atoms with van der Waals surface area (Å²) < 4.78 is 21.0. The Morgan fingerprint density at radius 2 is 0.934 bits per heavy atom. The SMILES string of the molecule is [Pd+2].[Pt+2].[c-]1c(Oc2[c-]c3c(cc2)c2ccc(Oc4[c-]c(-c5ccccn5)ccc4)[c-]c2n3-c2ncc(N3c4ccccc4Oc4ccccc43)cn2)cccc1-c1ccccn1. The number of pyridine rings is 2. The van der Waals surface area contributed by atoms with Crippen molar-refractivity contribution >= 4 is 38.9 Å². The molecule has 0 aliphatic carbocycles. The molecular weight excluding hydrogens is 1030 g/mol. The van der Waals surface area contributed by atoms with Gasteiger partial charge in [-0.05, 0) is 47.8 Å². The number of rotatable bonds is 8. The van der Waals surface area contributed by atoms with E-state index in [1.54, 1.807) is 12.4 Å². The molecule has 5 heterocycles. The molecule has 9 nitrogen and oxygen atoms in total. The van der Waals surface area contributed by atoms with Crippen molar-refractivity contribution in [2.45, 2.75) is 0 Å². The molecule has 0 N–H and O–H groups in total. The molecule has 4 aromatic heterocycles. The van der Waals surface area contributed by atoms with E-state index >= 15 is 0 Å². The molecule has 0 amide bonds. The number of hydrogen-bond acceptors (Lipinski definition) is 8. The molecule has 0 saturated carbocycles. The fourth-order valence-corrected chi connectivity index (χ4v) is 7.27. The fraction of sp³-hybridized carbons (Fsp3) is 0. The standard InChI is InChI=1S/C50H28N6O3.Pd.Pt/c1-3-19-48-44(17-1)55(45-18-2-4-20-49(45)59-48)35-31-53-50(54-32-35)56-46-29-38(57-36-13-9-11-33(27-36)42-15-5-7-25-51-42)21-23-40(46)41-24-22-39(30-47(41)56)58-37-14-10-12-34(28-37)43-16-6-8-26-52-43;;/h1-26,31-32H;;/q-4;2*+2. The topological polar surface area (TPSA) is 87.4 Å². The third-order valence-electron chi connectivity index (χ3n) is 9.91. The van der Waals surface area contributed by atoms with Crippen molar-refractivity contribution in [1.82, 2.24) is 24.5 Å². The number of hydrogen-bond donors (Lipinski definition) is 0. The van der Waals surface area contributed by atoms with Crippen LogP contribution in [0.25, 0.3) is 50.3 Å². The van der Waals surface area contributed by atoms with Gasteiger partial charge < -0.3 is 33.6 Å². The first-order valence-electron chi connectivity index (χ1n) is 18.9. The van der Waals surface area contributed by atoms with E-state index < -0.39 is 0 Å². The van der Waals surface area contributed by atoms with E-state index in [4.69, 9.17) is 24.2 Å². The molecule has 0 spiro atoms. The molecule has 0 fully saturated rings. The zero-order chi connectivity index (χ0) is 39.1. The van der Waals surface area contributed by atoms with Crippen molar-refractivity contribution in [2.24, 2.45) is 0 Å². The van der Waals surface area contributed by atoms with Crippen LogP contribution in [0.3, 0.4) is 0 Å². The maximum Gasteiger partial charge on any atom is 2.00 e. The van der Waals surface area contributed by atoms with E-state index in [-0.39, 0.29) is 41.5 Å². The Balaban J connectivity index is 0.00000238. The van der Waals surface area contributed by atoms with E-state index in [0.29, 0.717) is 40.0 Å². The van der Waals surface area contributed by atoms with Gasteiger partial charge in [0, 0.05) is 35.4 Å². The molecule has 11 rings (SSSR count). The molecule has 0 radical (unpaired) electrons. The van der Waals surface area contributed by atoms with E-state index in [1.807, 2.05) is 163 Å². The number of ether oxygens (including phenoxy) is 3. The van der Waals surface area contributed by atoms with E-state index in [0.717, 1.165) is 61.8 Å². The summed E-state index contributed by atoms with van der Waals surface area (Å²) in [5.41, 5.74) is 7.19. The maximum absolute atomic E-state index is 6.40. The molecule has 1 aliphatic heterocycles. The van der Waals surface area contributed by atoms with Crippen LogP contribution >= 0.6 is 0 Å². The molecule has 0 bridgehead atoms. The van der Waals surface area contributed by atoms with Gasteiger partial charge in [0.25, 0.3) is 0 Å². The maximum atomic E-state index is 6.40. The van der Waals surface area contributed by atoms with Crippen molar-refractivity contribution in [3.63, 3.8) is 0 Å². The molecule has 0 atom stereocenters. The predicted molar refractivity (Wildman–Crippen MR) is 226 cm³/mol. The molecule has 11 heteroatoms. The Bertz CT molecular complexity index is 2980. The van der Waals surface area contributed by atoms with Crippen molar-refractivity contribution in [3.8, 4) is 63.0 Å². The summed E-state index contributed by atoms with van der Waals surface area (Å²) in [6.45, 7) is 0. The van der Waals surface area contributed by atoms with Crippen LogP contribution in [0.15, 0.2) is 170 Å². The second kappa shape index (κ2) is 17.0. The summed E-state index contributed by atoms with van der Waals surface area (Å²) in [6.07, 6.45) is 7.15. The van der Waals surface area contributed by atoms with Gasteiger partial charge in [0.15, 0.2) is 11.5 Å². The van der Waals surface area contributed by atoms with Crippen molar-refractivity contribution in [3.05, 3.63) is 195 Å². The van der Waals surface area contributed by atoms with Crippen LogP contribution < -0.4 is 19.1 Å². The summed E-state index contributed by atoms with van der Waals surface area (Å²) in [4.78, 5) is 21.0. The Kier molecular flexibility index (Phi) is 11.0. The first-order valence-corrected chi connectivity index (χ1v) is 18.9. The molecule has 61 heavy (non-hydrogen) atoms. The summed E-state index contributed by atoms with van der Waals surface area (Å²) in [6, 6.07) is 60.4. The monoisotopic (exact) mass is 1060 g/mol. The van der Waals surface area contributed by atoms with Gasteiger partial charge in [-0.25, -0.2) is 9.97 Å². The largest absolute Gasteiger partial charge is 2.00 e. The number of benzene rings is 6. The van der Waals surface area contributed by atoms with Crippen LogP contribution in [0.5, 0.6) is 34.5 Å². The van der Waals surface area contributed by atoms with Crippen LogP contribution in [-0.2, 0) is 41.5 Å². The van der Waals surface area contributed by atoms with Crippen molar-refractivity contribution < 1.29 is 55.7 Å². The Morgan fingerprint density at radius 1 is 0.459 bits per heavy atom. The van der Waals surface area contributed by atoms with Crippen LogP contribution in [-0.4, -0.2) is 24.5 Å². The van der Waals surface area contributed by atoms with Gasteiger partial charge >= 0.3 is 41.5 Å². The summed E-state index contributed by atoms with van der Waals surface area (Å²) in [7, 11) is 0. The molecule has 10 aromatic rings. The Labute approximate surface area is 379 Å². The van der Waals surface area contributed by atoms with Crippen LogP contribution in [0, 0.1) is 24.3 Å². The second-order valence-corrected chi connectivity index (χ2v) is 13.6. The van der Waals surface area contributed by atoms with Crippen LogP contribution in [0.4, 0.5) is 17.1 Å². The molecule has 296 valence electrons. The van der Waals surface area contributed by atoms with E-state index in [2.05, 4.69) is 39.1 Å². The average Bonchev–Trinajstić information content (AvgIpc) is 3.61. The predicted octanol–water partition coefficient (Wildman–Crippen LogP) is 12.1. The normalized spacial score (nSPS) is 11.4. The third kappa shape index (κ3) is 7.58. The smallest absolute Gasteiger partial charge is 0.503 e. The summed E-state index contributed by atoms with van der Waals surface area (Å²) >= 11 is 0. The molecule has 0 unspecified atom stereocenters. The zero-order valence-corrected chi connectivity index (χ0v) is 35.5. The molecule has 1 aliphatic rings. The molecule has 6 aromatic carbocycles. The average molecular weight is 1060 g/mol. The van der Waals surface area contributed by atoms with Gasteiger partial charge in [-0.15, -0.1) is 71.8 Å². The van der Waals surface area contributed by atoms with Gasteiger partial charge in [0.05, 0.1) is 29.5 Å². The minimum Gasteiger partial charge on any atom is -0.503 e. The van der Waals surface area contributed by atoms with Crippen molar-refractivity contribution in [2.75, 3.05) is 4.90 Å². The molecule has 0 saturated heterocycles. The zero-order valence-electron chi connectivity index (χ0n) is 31.7. The second-order valence-electron chi connectivity index (χ2n) is 13.6. The summed E-state index contributed by atoms with van der Waals surface area (Å²) in [5, 5.41) is 1.82. The van der Waals surface area contributed by atoms with Gasteiger partial charge in [0.1, 0.15) is 0 Å². The Morgan fingerprint density at radius 3 is 1.43 bits per heavy atom. The first-order chi connectivity index (χ1) is 29.2. The first kappa shape index (κ1) is 39.5. The molecular formula is C50H28N6O3PdPt. The third-order valence-corrected chi connectivity index (χ3v) is 9.91. The minimum atomic E-state index is 0. The van der Waals surface area contributed by atoms with Gasteiger partial charge in [0.2, 0.25) is 5.95 Å². The van der Waals surface area contributed by atoms with Gasteiger partial charge in [-0.2, -0.15) is 22.9 Å². The Hall–Kier alpha value is -6.95.